The normalized spacial score (nSPS) is 13.5. The summed E-state index contributed by atoms with van der Waals surface area (Å²) >= 11 is 1.52. The molecule has 3 rings (SSSR count). The number of hydrogen-bond acceptors (Lipinski definition) is 4. The molecule has 1 aromatic carbocycles. The van der Waals surface area contributed by atoms with Gasteiger partial charge in [0.1, 0.15) is 0 Å². The van der Waals surface area contributed by atoms with Crippen molar-refractivity contribution in [2.75, 3.05) is 24.5 Å². The van der Waals surface area contributed by atoms with Crippen LogP contribution < -0.4 is 10.2 Å². The first-order valence-corrected chi connectivity index (χ1v) is 8.44. The first kappa shape index (κ1) is 14.8. The summed E-state index contributed by atoms with van der Waals surface area (Å²) in [6.45, 7) is 2.75. The fraction of sp³-hybridized carbons (Fsp3) is 0.294. The molecule has 1 N–H and O–H groups in total. The molecular formula is C17H19N3OS. The third-order valence-corrected chi connectivity index (χ3v) is 4.35. The summed E-state index contributed by atoms with van der Waals surface area (Å²) in [5, 5.41) is 4.83. The molecule has 2 aromatic rings. The Kier molecular flexibility index (Phi) is 4.85. The number of rotatable bonds is 6. The molecule has 0 aliphatic carbocycles. The zero-order valence-corrected chi connectivity index (χ0v) is 13.2. The minimum absolute atomic E-state index is 0.0603. The molecule has 1 aromatic heterocycles. The highest BCUT2D eigenvalue weighted by Gasteiger charge is 2.17. The number of aromatic nitrogens is 1. The smallest absolute Gasteiger partial charge is 0.244 e. The number of thiazole rings is 1. The van der Waals surface area contributed by atoms with Gasteiger partial charge in [-0.15, -0.1) is 11.3 Å². The van der Waals surface area contributed by atoms with E-state index in [4.69, 9.17) is 0 Å². The summed E-state index contributed by atoms with van der Waals surface area (Å²) in [5.41, 5.74) is 5.36. The van der Waals surface area contributed by atoms with E-state index in [2.05, 4.69) is 39.5 Å². The summed E-state index contributed by atoms with van der Waals surface area (Å²) in [6.07, 6.45) is 5.35. The van der Waals surface area contributed by atoms with Crippen molar-refractivity contribution >= 4 is 29.0 Å². The largest absolute Gasteiger partial charge is 0.371 e. The Morgan fingerprint density at radius 3 is 3.18 bits per heavy atom. The third-order valence-electron chi connectivity index (χ3n) is 3.74. The van der Waals surface area contributed by atoms with E-state index >= 15 is 0 Å². The van der Waals surface area contributed by atoms with Gasteiger partial charge in [0.15, 0.2) is 0 Å². The van der Waals surface area contributed by atoms with Crippen molar-refractivity contribution in [1.82, 2.24) is 10.3 Å². The number of fused-ring (bicyclic) bond motifs is 1. The Bertz CT molecular complexity index is 652. The second-order valence-electron chi connectivity index (χ2n) is 5.26. The van der Waals surface area contributed by atoms with Crippen LogP contribution in [0.1, 0.15) is 17.7 Å². The summed E-state index contributed by atoms with van der Waals surface area (Å²) in [5.74, 6) is -0.0603. The van der Waals surface area contributed by atoms with Crippen molar-refractivity contribution in [2.24, 2.45) is 0 Å². The molecule has 0 saturated carbocycles. The lowest BCUT2D eigenvalue weighted by molar-refractivity contribution is -0.116. The highest BCUT2D eigenvalue weighted by atomic mass is 32.1. The third kappa shape index (κ3) is 3.74. The van der Waals surface area contributed by atoms with Gasteiger partial charge in [0.2, 0.25) is 5.91 Å². The fourth-order valence-electron chi connectivity index (χ4n) is 2.64. The van der Waals surface area contributed by atoms with Gasteiger partial charge in [-0.05, 0) is 30.5 Å². The van der Waals surface area contributed by atoms with E-state index in [-0.39, 0.29) is 5.91 Å². The predicted octanol–water partition coefficient (Wildman–Crippen LogP) is 2.73. The van der Waals surface area contributed by atoms with Gasteiger partial charge in [0, 0.05) is 36.8 Å². The van der Waals surface area contributed by atoms with E-state index in [0.29, 0.717) is 6.54 Å². The van der Waals surface area contributed by atoms with E-state index in [0.717, 1.165) is 31.6 Å². The van der Waals surface area contributed by atoms with Crippen molar-refractivity contribution in [1.29, 1.82) is 0 Å². The standard InChI is InChI=1S/C17H19N3OS/c21-17(7-6-15-12-22-13-19-15)18-9-3-10-20-11-8-14-4-1-2-5-16(14)20/h1-2,4-7,12-13H,3,8-11H2,(H,18,21)/b7-6+. The maximum Gasteiger partial charge on any atom is 0.244 e. The Labute approximate surface area is 134 Å². The average molecular weight is 313 g/mol. The lowest BCUT2D eigenvalue weighted by Gasteiger charge is -2.19. The van der Waals surface area contributed by atoms with Gasteiger partial charge in [-0.1, -0.05) is 18.2 Å². The SMILES string of the molecule is O=C(/C=C/c1cscn1)NCCCN1CCc2ccccc21. The minimum atomic E-state index is -0.0603. The number of hydrogen-bond donors (Lipinski definition) is 1. The molecule has 0 fully saturated rings. The number of para-hydroxylation sites is 1. The van der Waals surface area contributed by atoms with Crippen molar-refractivity contribution in [2.45, 2.75) is 12.8 Å². The van der Waals surface area contributed by atoms with Crippen LogP contribution in [0.3, 0.4) is 0 Å². The van der Waals surface area contributed by atoms with Gasteiger partial charge in [-0.2, -0.15) is 0 Å². The van der Waals surface area contributed by atoms with Crippen molar-refractivity contribution in [3.05, 3.63) is 52.5 Å². The van der Waals surface area contributed by atoms with E-state index < -0.39 is 0 Å². The Morgan fingerprint density at radius 2 is 2.32 bits per heavy atom. The molecule has 0 bridgehead atoms. The van der Waals surface area contributed by atoms with Crippen molar-refractivity contribution in [3.63, 3.8) is 0 Å². The lowest BCUT2D eigenvalue weighted by Crippen LogP contribution is -2.28. The second-order valence-corrected chi connectivity index (χ2v) is 5.98. The lowest BCUT2D eigenvalue weighted by atomic mass is 10.2. The van der Waals surface area contributed by atoms with E-state index in [1.54, 1.807) is 17.7 Å². The first-order valence-electron chi connectivity index (χ1n) is 7.50. The average Bonchev–Trinajstić information content (AvgIpc) is 3.19. The number of benzene rings is 1. The van der Waals surface area contributed by atoms with Crippen LogP contribution in [0, 0.1) is 0 Å². The molecule has 0 unspecified atom stereocenters. The van der Waals surface area contributed by atoms with E-state index in [1.165, 1.54) is 22.6 Å². The Balaban J connectivity index is 1.38. The number of anilines is 1. The van der Waals surface area contributed by atoms with E-state index in [9.17, 15) is 4.79 Å². The maximum atomic E-state index is 11.7. The maximum absolute atomic E-state index is 11.7. The van der Waals surface area contributed by atoms with Gasteiger partial charge >= 0.3 is 0 Å². The van der Waals surface area contributed by atoms with Crippen LogP contribution in [0.15, 0.2) is 41.2 Å². The molecule has 0 radical (unpaired) electrons. The number of carbonyl (C=O) groups is 1. The van der Waals surface area contributed by atoms with Crippen LogP contribution in [-0.2, 0) is 11.2 Å². The molecule has 114 valence electrons. The van der Waals surface area contributed by atoms with E-state index in [1.807, 2.05) is 5.38 Å². The van der Waals surface area contributed by atoms with Gasteiger partial charge < -0.3 is 10.2 Å². The van der Waals surface area contributed by atoms with Crippen LogP contribution >= 0.6 is 11.3 Å². The second kappa shape index (κ2) is 7.22. The predicted molar refractivity (Wildman–Crippen MR) is 91.1 cm³/mol. The fourth-order valence-corrected chi connectivity index (χ4v) is 3.17. The summed E-state index contributed by atoms with van der Waals surface area (Å²) in [7, 11) is 0. The molecule has 2 heterocycles. The Hall–Kier alpha value is -2.14. The van der Waals surface area contributed by atoms with Gasteiger partial charge in [0.05, 0.1) is 11.2 Å². The van der Waals surface area contributed by atoms with Gasteiger partial charge in [-0.25, -0.2) is 4.98 Å². The van der Waals surface area contributed by atoms with Crippen molar-refractivity contribution < 1.29 is 4.79 Å². The van der Waals surface area contributed by atoms with Crippen LogP contribution in [0.2, 0.25) is 0 Å². The molecule has 22 heavy (non-hydrogen) atoms. The van der Waals surface area contributed by atoms with Crippen LogP contribution in [0.4, 0.5) is 5.69 Å². The monoisotopic (exact) mass is 313 g/mol. The number of carbonyl (C=O) groups excluding carboxylic acids is 1. The molecule has 4 nitrogen and oxygen atoms in total. The first-order chi connectivity index (χ1) is 10.8. The summed E-state index contributed by atoms with van der Waals surface area (Å²) < 4.78 is 0. The molecule has 1 aliphatic heterocycles. The highest BCUT2D eigenvalue weighted by molar-refractivity contribution is 7.07. The molecular weight excluding hydrogens is 294 g/mol. The highest BCUT2D eigenvalue weighted by Crippen LogP contribution is 2.27. The zero-order chi connectivity index (χ0) is 15.2. The number of amides is 1. The molecule has 0 atom stereocenters. The minimum Gasteiger partial charge on any atom is -0.371 e. The van der Waals surface area contributed by atoms with Crippen LogP contribution in [0.5, 0.6) is 0 Å². The quantitative estimate of drug-likeness (QED) is 0.659. The number of nitrogens with zero attached hydrogens (tertiary/aromatic N) is 2. The molecule has 1 aliphatic rings. The molecule has 0 spiro atoms. The molecule has 1 amide bonds. The van der Waals surface area contributed by atoms with Gasteiger partial charge in [-0.3, -0.25) is 4.79 Å². The van der Waals surface area contributed by atoms with Crippen LogP contribution in [-0.4, -0.2) is 30.5 Å². The Morgan fingerprint density at radius 1 is 1.41 bits per heavy atom. The van der Waals surface area contributed by atoms with Crippen LogP contribution in [0.25, 0.3) is 6.08 Å². The number of nitrogens with one attached hydrogen (secondary N) is 1. The van der Waals surface area contributed by atoms with Gasteiger partial charge in [0.25, 0.3) is 0 Å². The zero-order valence-electron chi connectivity index (χ0n) is 12.4. The summed E-state index contributed by atoms with van der Waals surface area (Å²) in [4.78, 5) is 18.2. The van der Waals surface area contributed by atoms with Crippen molar-refractivity contribution in [3.8, 4) is 0 Å². The summed E-state index contributed by atoms with van der Waals surface area (Å²) in [6, 6.07) is 8.55. The topological polar surface area (TPSA) is 45.2 Å². The molecule has 0 saturated heterocycles. The molecule has 5 heteroatoms.